The van der Waals surface area contributed by atoms with E-state index in [4.69, 9.17) is 10.6 Å². The molecule has 1 amide bonds. The van der Waals surface area contributed by atoms with Crippen LogP contribution in [-0.4, -0.2) is 16.7 Å². The van der Waals surface area contributed by atoms with Crippen LogP contribution in [-0.2, 0) is 4.74 Å². The summed E-state index contributed by atoms with van der Waals surface area (Å²) in [4.78, 5) is 11.5. The Hall–Kier alpha value is -2.07. The van der Waals surface area contributed by atoms with Gasteiger partial charge in [0.25, 0.3) is 0 Å². The fourth-order valence-electron chi connectivity index (χ4n) is 1.25. The molecular weight excluding hydrogens is 240 g/mol. The molecule has 4 nitrogen and oxygen atoms in total. The Morgan fingerprint density at radius 1 is 1.21 bits per heavy atom. The van der Waals surface area contributed by atoms with Gasteiger partial charge in [0.1, 0.15) is 5.60 Å². The second-order valence-electron chi connectivity index (χ2n) is 5.00. The number of nitrogens with zero attached hydrogens (tertiary/aromatic N) is 1. The Kier molecular flexibility index (Phi) is 5.33. The number of hydrazine groups is 1. The Morgan fingerprint density at radius 2 is 1.84 bits per heavy atom. The van der Waals surface area contributed by atoms with Gasteiger partial charge < -0.3 is 4.74 Å². The Labute approximate surface area is 114 Å². The highest BCUT2D eigenvalue weighted by atomic mass is 16.6. The van der Waals surface area contributed by atoms with Crippen LogP contribution < -0.4 is 5.84 Å². The van der Waals surface area contributed by atoms with Crippen LogP contribution in [0.2, 0.25) is 0 Å². The molecule has 2 N–H and O–H groups in total. The van der Waals surface area contributed by atoms with Gasteiger partial charge in [-0.15, -0.1) is 0 Å². The number of hydrogen-bond acceptors (Lipinski definition) is 3. The van der Waals surface area contributed by atoms with Crippen LogP contribution in [0.1, 0.15) is 26.3 Å². The van der Waals surface area contributed by atoms with Crippen molar-refractivity contribution in [3.63, 3.8) is 0 Å². The summed E-state index contributed by atoms with van der Waals surface area (Å²) in [5.74, 6) is 5.54. The van der Waals surface area contributed by atoms with E-state index in [0.29, 0.717) is 0 Å². The lowest BCUT2D eigenvalue weighted by molar-refractivity contribution is 0.0334. The van der Waals surface area contributed by atoms with E-state index in [1.165, 1.54) is 6.20 Å². The van der Waals surface area contributed by atoms with Crippen molar-refractivity contribution in [2.75, 3.05) is 0 Å². The third-order valence-corrected chi connectivity index (χ3v) is 2.05. The summed E-state index contributed by atoms with van der Waals surface area (Å²) in [6.45, 7) is 5.37. The normalized spacial score (nSPS) is 12.0. The molecular formula is C15H20N2O2. The molecule has 0 aliphatic rings. The van der Waals surface area contributed by atoms with Crippen molar-refractivity contribution in [2.45, 2.75) is 26.4 Å². The molecule has 0 bridgehead atoms. The lowest BCUT2D eigenvalue weighted by atomic mass is 10.2. The zero-order chi connectivity index (χ0) is 14.3. The topological polar surface area (TPSA) is 55.6 Å². The Balaban J connectivity index is 2.48. The molecule has 1 aromatic carbocycles. The molecule has 19 heavy (non-hydrogen) atoms. The second-order valence-corrected chi connectivity index (χ2v) is 5.00. The monoisotopic (exact) mass is 260 g/mol. The number of benzene rings is 1. The molecule has 102 valence electrons. The van der Waals surface area contributed by atoms with Crippen LogP contribution >= 0.6 is 0 Å². The summed E-state index contributed by atoms with van der Waals surface area (Å²) in [5.41, 5.74) is 0.524. The molecule has 4 heteroatoms. The van der Waals surface area contributed by atoms with E-state index in [2.05, 4.69) is 0 Å². The molecule has 1 rings (SSSR count). The van der Waals surface area contributed by atoms with Crippen molar-refractivity contribution >= 4 is 12.2 Å². The van der Waals surface area contributed by atoms with Gasteiger partial charge in [0.2, 0.25) is 0 Å². The van der Waals surface area contributed by atoms with E-state index in [1.807, 2.05) is 36.4 Å². The molecule has 0 unspecified atom stereocenters. The van der Waals surface area contributed by atoms with Gasteiger partial charge in [0.05, 0.1) is 0 Å². The summed E-state index contributed by atoms with van der Waals surface area (Å²) in [6.07, 6.45) is 6.26. The van der Waals surface area contributed by atoms with Gasteiger partial charge in [-0.3, -0.25) is 0 Å². The number of carbonyl (C=O) groups is 1. The van der Waals surface area contributed by atoms with Crippen LogP contribution in [0.25, 0.3) is 6.08 Å². The third kappa shape index (κ3) is 6.43. The van der Waals surface area contributed by atoms with Gasteiger partial charge in [-0.25, -0.2) is 15.6 Å². The smallest absolute Gasteiger partial charge is 0.428 e. The van der Waals surface area contributed by atoms with Crippen LogP contribution in [0, 0.1) is 0 Å². The van der Waals surface area contributed by atoms with E-state index >= 15 is 0 Å². The summed E-state index contributed by atoms with van der Waals surface area (Å²) < 4.78 is 5.10. The van der Waals surface area contributed by atoms with Gasteiger partial charge >= 0.3 is 6.09 Å². The van der Waals surface area contributed by atoms with Crippen molar-refractivity contribution in [1.29, 1.82) is 0 Å². The molecule has 0 saturated carbocycles. The molecule has 0 aliphatic carbocycles. The number of rotatable bonds is 3. The minimum absolute atomic E-state index is 0.553. The summed E-state index contributed by atoms with van der Waals surface area (Å²) in [7, 11) is 0. The van der Waals surface area contributed by atoms with Crippen LogP contribution in [0.5, 0.6) is 0 Å². The zero-order valence-electron chi connectivity index (χ0n) is 11.5. The van der Waals surface area contributed by atoms with Crippen LogP contribution in [0.15, 0.2) is 48.7 Å². The van der Waals surface area contributed by atoms with Gasteiger partial charge in [-0.05, 0) is 32.4 Å². The first kappa shape index (κ1) is 15.0. The van der Waals surface area contributed by atoms with E-state index in [9.17, 15) is 4.79 Å². The number of allylic oxidation sites excluding steroid dienone is 2. The molecule has 0 saturated heterocycles. The van der Waals surface area contributed by atoms with Crippen molar-refractivity contribution in [1.82, 2.24) is 5.01 Å². The minimum Gasteiger partial charge on any atom is -0.443 e. The summed E-state index contributed by atoms with van der Waals surface area (Å²) in [5, 5.41) is 0.917. The van der Waals surface area contributed by atoms with Gasteiger partial charge in [-0.1, -0.05) is 42.5 Å². The highest BCUT2D eigenvalue weighted by Crippen LogP contribution is 2.08. The van der Waals surface area contributed by atoms with Crippen LogP contribution in [0.3, 0.4) is 0 Å². The highest BCUT2D eigenvalue weighted by Gasteiger charge is 2.18. The molecule has 0 aliphatic heterocycles. The molecule has 0 aromatic heterocycles. The van der Waals surface area contributed by atoms with E-state index in [1.54, 1.807) is 32.9 Å². The quantitative estimate of drug-likeness (QED) is 0.392. The highest BCUT2D eigenvalue weighted by molar-refractivity contribution is 5.68. The van der Waals surface area contributed by atoms with Crippen molar-refractivity contribution in [3.05, 3.63) is 54.2 Å². The van der Waals surface area contributed by atoms with Gasteiger partial charge in [0, 0.05) is 6.20 Å². The predicted molar refractivity (Wildman–Crippen MR) is 76.9 cm³/mol. The average molecular weight is 260 g/mol. The lowest BCUT2D eigenvalue weighted by Crippen LogP contribution is -2.37. The van der Waals surface area contributed by atoms with Crippen molar-refractivity contribution in [2.24, 2.45) is 5.84 Å². The predicted octanol–water partition coefficient (Wildman–Crippen LogP) is 3.32. The Morgan fingerprint density at radius 3 is 2.42 bits per heavy atom. The SMILES string of the molecule is CC(C)(C)OC(=O)N(N)/C=C/C=C/c1ccccc1. The van der Waals surface area contributed by atoms with Crippen molar-refractivity contribution < 1.29 is 9.53 Å². The number of hydrogen-bond donors (Lipinski definition) is 1. The standard InChI is InChI=1S/C15H20N2O2/c1-15(2,3)19-14(18)17(16)12-8-7-11-13-9-5-4-6-10-13/h4-12H,16H2,1-3H3/b11-7+,12-8+. The number of carbonyl (C=O) groups excluding carboxylic acids is 1. The summed E-state index contributed by atoms with van der Waals surface area (Å²) in [6, 6.07) is 9.84. The average Bonchev–Trinajstić information content (AvgIpc) is 2.33. The number of ether oxygens (including phenoxy) is 1. The fourth-order valence-corrected chi connectivity index (χ4v) is 1.25. The second kappa shape index (κ2) is 6.75. The lowest BCUT2D eigenvalue weighted by Gasteiger charge is -2.22. The maximum absolute atomic E-state index is 11.5. The van der Waals surface area contributed by atoms with E-state index in [0.717, 1.165) is 10.6 Å². The maximum atomic E-state index is 11.5. The molecule has 1 aromatic rings. The first-order chi connectivity index (χ1) is 8.88. The molecule has 0 atom stereocenters. The summed E-state index contributed by atoms with van der Waals surface area (Å²) >= 11 is 0. The first-order valence-corrected chi connectivity index (χ1v) is 6.05. The molecule has 0 spiro atoms. The molecule has 0 heterocycles. The van der Waals surface area contributed by atoms with Crippen LogP contribution in [0.4, 0.5) is 4.79 Å². The van der Waals surface area contributed by atoms with E-state index < -0.39 is 11.7 Å². The van der Waals surface area contributed by atoms with Gasteiger partial charge in [0.15, 0.2) is 0 Å². The minimum atomic E-state index is -0.586. The van der Waals surface area contributed by atoms with Gasteiger partial charge in [-0.2, -0.15) is 0 Å². The van der Waals surface area contributed by atoms with Crippen molar-refractivity contribution in [3.8, 4) is 0 Å². The Bertz CT molecular complexity index is 459. The third-order valence-electron chi connectivity index (χ3n) is 2.05. The number of nitrogens with two attached hydrogens (primary N) is 1. The fraction of sp³-hybridized carbons (Fsp3) is 0.267. The molecule has 0 radical (unpaired) electrons. The zero-order valence-corrected chi connectivity index (χ0v) is 11.5. The largest absolute Gasteiger partial charge is 0.443 e. The molecule has 0 fully saturated rings. The first-order valence-electron chi connectivity index (χ1n) is 6.05. The number of amides is 1. The maximum Gasteiger partial charge on any atom is 0.428 e. The van der Waals surface area contributed by atoms with E-state index in [-0.39, 0.29) is 0 Å².